The van der Waals surface area contributed by atoms with Gasteiger partial charge in [0.15, 0.2) is 0 Å². The number of rotatable bonds is 3. The molecular formula is C18H11ClN4O2. The standard InChI is InChI=1S/C18H11ClN4O2/c19-17-10-18(21-11-20-17)22-7-6-12-4-5-14(9-16(12)22)13-2-1-3-15(8-13)23(24)25/h1-11H. The zero-order valence-corrected chi connectivity index (χ0v) is 13.6. The summed E-state index contributed by atoms with van der Waals surface area (Å²) in [5.41, 5.74) is 2.66. The minimum absolute atomic E-state index is 0.0653. The first kappa shape index (κ1) is 15.3. The Hall–Kier alpha value is -3.25. The molecule has 0 atom stereocenters. The topological polar surface area (TPSA) is 73.8 Å². The molecule has 0 saturated carbocycles. The van der Waals surface area contributed by atoms with Crippen molar-refractivity contribution in [3.05, 3.63) is 82.4 Å². The highest BCUT2D eigenvalue weighted by molar-refractivity contribution is 6.29. The molecule has 122 valence electrons. The average Bonchev–Trinajstić information content (AvgIpc) is 3.05. The highest BCUT2D eigenvalue weighted by Gasteiger charge is 2.10. The van der Waals surface area contributed by atoms with E-state index in [1.807, 2.05) is 41.1 Å². The van der Waals surface area contributed by atoms with Crippen LogP contribution in [-0.4, -0.2) is 19.5 Å². The van der Waals surface area contributed by atoms with Gasteiger partial charge in [0.1, 0.15) is 17.3 Å². The lowest BCUT2D eigenvalue weighted by Gasteiger charge is -2.07. The summed E-state index contributed by atoms with van der Waals surface area (Å²) in [6, 6.07) is 16.1. The van der Waals surface area contributed by atoms with Crippen LogP contribution < -0.4 is 0 Å². The Morgan fingerprint density at radius 2 is 1.84 bits per heavy atom. The van der Waals surface area contributed by atoms with Crippen LogP contribution in [0.2, 0.25) is 5.15 Å². The summed E-state index contributed by atoms with van der Waals surface area (Å²) in [6.07, 6.45) is 3.31. The van der Waals surface area contributed by atoms with E-state index in [9.17, 15) is 10.1 Å². The van der Waals surface area contributed by atoms with Crippen molar-refractivity contribution in [1.82, 2.24) is 14.5 Å². The second-order valence-electron chi connectivity index (χ2n) is 5.47. The first-order chi connectivity index (χ1) is 12.1. The zero-order valence-electron chi connectivity index (χ0n) is 12.8. The maximum Gasteiger partial charge on any atom is 0.270 e. The van der Waals surface area contributed by atoms with Crippen molar-refractivity contribution in [2.75, 3.05) is 0 Å². The van der Waals surface area contributed by atoms with E-state index in [-0.39, 0.29) is 5.69 Å². The highest BCUT2D eigenvalue weighted by atomic mass is 35.5. The smallest absolute Gasteiger partial charge is 0.270 e. The molecule has 0 amide bonds. The number of nitro benzene ring substituents is 1. The molecule has 0 fully saturated rings. The highest BCUT2D eigenvalue weighted by Crippen LogP contribution is 2.29. The first-order valence-electron chi connectivity index (χ1n) is 7.46. The molecule has 0 spiro atoms. The molecule has 2 aromatic heterocycles. The Balaban J connectivity index is 1.86. The Labute approximate surface area is 147 Å². The minimum atomic E-state index is -0.395. The number of benzene rings is 2. The predicted molar refractivity (Wildman–Crippen MR) is 96.0 cm³/mol. The predicted octanol–water partition coefficient (Wildman–Crippen LogP) is 4.65. The SMILES string of the molecule is O=[N+]([O-])c1cccc(-c2ccc3ccn(-c4cc(Cl)ncn4)c3c2)c1. The Bertz CT molecular complexity index is 1110. The summed E-state index contributed by atoms with van der Waals surface area (Å²) in [5.74, 6) is 0.659. The van der Waals surface area contributed by atoms with Crippen molar-refractivity contribution >= 4 is 28.2 Å². The van der Waals surface area contributed by atoms with Gasteiger partial charge in [-0.2, -0.15) is 0 Å². The summed E-state index contributed by atoms with van der Waals surface area (Å²) in [5, 5.41) is 12.4. The second-order valence-corrected chi connectivity index (χ2v) is 5.85. The minimum Gasteiger partial charge on any atom is -0.301 e. The van der Waals surface area contributed by atoms with Crippen LogP contribution in [0.25, 0.3) is 27.8 Å². The molecule has 0 aliphatic heterocycles. The van der Waals surface area contributed by atoms with Crippen LogP contribution in [0, 0.1) is 10.1 Å². The number of halogens is 1. The molecule has 2 heterocycles. The van der Waals surface area contributed by atoms with Gasteiger partial charge in [0.25, 0.3) is 5.69 Å². The normalized spacial score (nSPS) is 10.9. The van der Waals surface area contributed by atoms with Crippen LogP contribution in [0.3, 0.4) is 0 Å². The number of nitrogens with zero attached hydrogens (tertiary/aromatic N) is 4. The Morgan fingerprint density at radius 1 is 1.00 bits per heavy atom. The molecular weight excluding hydrogens is 340 g/mol. The van der Waals surface area contributed by atoms with E-state index >= 15 is 0 Å². The van der Waals surface area contributed by atoms with E-state index in [0.29, 0.717) is 11.0 Å². The van der Waals surface area contributed by atoms with Gasteiger partial charge in [0.05, 0.1) is 10.4 Å². The number of hydrogen-bond donors (Lipinski definition) is 0. The zero-order chi connectivity index (χ0) is 17.4. The molecule has 7 heteroatoms. The number of nitro groups is 1. The number of non-ortho nitro benzene ring substituents is 1. The van der Waals surface area contributed by atoms with Crippen molar-refractivity contribution in [1.29, 1.82) is 0 Å². The van der Waals surface area contributed by atoms with Gasteiger partial charge in [-0.3, -0.25) is 10.1 Å². The van der Waals surface area contributed by atoms with Gasteiger partial charge in [-0.15, -0.1) is 0 Å². The summed E-state index contributed by atoms with van der Waals surface area (Å²) in [4.78, 5) is 18.8. The molecule has 0 aliphatic carbocycles. The molecule has 0 radical (unpaired) electrons. The van der Waals surface area contributed by atoms with Crippen LogP contribution >= 0.6 is 11.6 Å². The fourth-order valence-corrected chi connectivity index (χ4v) is 2.90. The molecule has 4 rings (SSSR count). The van der Waals surface area contributed by atoms with Gasteiger partial charge in [-0.05, 0) is 23.3 Å². The van der Waals surface area contributed by atoms with Crippen molar-refractivity contribution in [3.63, 3.8) is 0 Å². The van der Waals surface area contributed by atoms with Gasteiger partial charge >= 0.3 is 0 Å². The molecule has 0 saturated heterocycles. The number of aromatic nitrogens is 3. The molecule has 0 bridgehead atoms. The van der Waals surface area contributed by atoms with Crippen molar-refractivity contribution in [2.45, 2.75) is 0 Å². The van der Waals surface area contributed by atoms with E-state index in [0.717, 1.165) is 22.0 Å². The maximum atomic E-state index is 11.0. The number of fused-ring (bicyclic) bond motifs is 1. The molecule has 6 nitrogen and oxygen atoms in total. The lowest BCUT2D eigenvalue weighted by Crippen LogP contribution is -1.96. The Morgan fingerprint density at radius 3 is 2.64 bits per heavy atom. The second kappa shape index (κ2) is 5.99. The average molecular weight is 351 g/mol. The fraction of sp³-hybridized carbons (Fsp3) is 0. The third-order valence-electron chi connectivity index (χ3n) is 3.95. The van der Waals surface area contributed by atoms with Crippen LogP contribution in [0.15, 0.2) is 67.1 Å². The van der Waals surface area contributed by atoms with E-state index in [1.54, 1.807) is 18.2 Å². The van der Waals surface area contributed by atoms with Gasteiger partial charge in [0.2, 0.25) is 0 Å². The third kappa shape index (κ3) is 2.83. The van der Waals surface area contributed by atoms with Gasteiger partial charge in [-0.25, -0.2) is 9.97 Å². The first-order valence-corrected chi connectivity index (χ1v) is 7.83. The van der Waals surface area contributed by atoms with E-state index in [4.69, 9.17) is 11.6 Å². The van der Waals surface area contributed by atoms with E-state index in [2.05, 4.69) is 9.97 Å². The van der Waals surface area contributed by atoms with E-state index < -0.39 is 4.92 Å². The summed E-state index contributed by atoms with van der Waals surface area (Å²) in [7, 11) is 0. The maximum absolute atomic E-state index is 11.0. The summed E-state index contributed by atoms with van der Waals surface area (Å²) in [6.45, 7) is 0. The largest absolute Gasteiger partial charge is 0.301 e. The van der Waals surface area contributed by atoms with E-state index in [1.165, 1.54) is 12.4 Å². The molecule has 0 aliphatic rings. The lowest BCUT2D eigenvalue weighted by molar-refractivity contribution is -0.384. The van der Waals surface area contributed by atoms with Gasteiger partial charge < -0.3 is 4.57 Å². The molecule has 2 aromatic carbocycles. The lowest BCUT2D eigenvalue weighted by atomic mass is 10.0. The molecule has 0 unspecified atom stereocenters. The van der Waals surface area contributed by atoms with Crippen molar-refractivity contribution in [2.24, 2.45) is 0 Å². The van der Waals surface area contributed by atoms with Gasteiger partial charge in [0, 0.05) is 29.8 Å². The summed E-state index contributed by atoms with van der Waals surface area (Å²) < 4.78 is 1.91. The molecule has 4 aromatic rings. The van der Waals surface area contributed by atoms with Gasteiger partial charge in [-0.1, -0.05) is 35.9 Å². The van der Waals surface area contributed by atoms with Crippen LogP contribution in [-0.2, 0) is 0 Å². The number of hydrogen-bond acceptors (Lipinski definition) is 4. The van der Waals surface area contributed by atoms with Crippen molar-refractivity contribution < 1.29 is 4.92 Å². The Kier molecular flexibility index (Phi) is 3.66. The van der Waals surface area contributed by atoms with Crippen LogP contribution in [0.4, 0.5) is 5.69 Å². The monoisotopic (exact) mass is 350 g/mol. The van der Waals surface area contributed by atoms with Crippen LogP contribution in [0.5, 0.6) is 0 Å². The fourth-order valence-electron chi connectivity index (χ4n) is 2.76. The molecule has 0 N–H and O–H groups in total. The van der Waals surface area contributed by atoms with Crippen LogP contribution in [0.1, 0.15) is 0 Å². The van der Waals surface area contributed by atoms with Crippen molar-refractivity contribution in [3.8, 4) is 16.9 Å². The third-order valence-corrected chi connectivity index (χ3v) is 4.16. The molecule has 25 heavy (non-hydrogen) atoms. The summed E-state index contributed by atoms with van der Waals surface area (Å²) >= 11 is 5.96. The quantitative estimate of drug-likeness (QED) is 0.306.